The van der Waals surface area contributed by atoms with Gasteiger partial charge in [0.2, 0.25) is 5.88 Å². The van der Waals surface area contributed by atoms with Crippen molar-refractivity contribution in [1.82, 2.24) is 14.5 Å². The Bertz CT molecular complexity index is 1010. The molecule has 1 aromatic carbocycles. The number of aryl methyl sites for hydroxylation is 3. The fourth-order valence-electron chi connectivity index (χ4n) is 2.96. The summed E-state index contributed by atoms with van der Waals surface area (Å²) in [4.78, 5) is 8.67. The molecule has 0 N–H and O–H groups in total. The number of hydrogen-bond acceptors (Lipinski definition) is 4. The fraction of sp³-hybridized carbons (Fsp3) is 0.158. The molecule has 0 amide bonds. The molecule has 4 rings (SSSR count). The highest BCUT2D eigenvalue weighted by atomic mass is 16.5. The predicted octanol–water partition coefficient (Wildman–Crippen LogP) is 4.64. The second kappa shape index (κ2) is 5.53. The van der Waals surface area contributed by atoms with Crippen molar-refractivity contribution in [3.63, 3.8) is 0 Å². The molecule has 0 unspecified atom stereocenters. The largest absolute Gasteiger partial charge is 0.464 e. The highest BCUT2D eigenvalue weighted by Crippen LogP contribution is 2.32. The molecule has 0 atom stereocenters. The van der Waals surface area contributed by atoms with Crippen LogP contribution in [0.25, 0.3) is 22.2 Å². The van der Waals surface area contributed by atoms with Crippen LogP contribution in [0.2, 0.25) is 0 Å². The standard InChI is InChI=1S/C19H17N3O2/c1-12-10-14(4-5-15(12)18-13(2)21-11-22(18)3)24-19-16-7-9-23-17(16)6-8-20-19/h4-11H,1-3H3. The number of benzene rings is 1. The molecular weight excluding hydrogens is 302 g/mol. The lowest BCUT2D eigenvalue weighted by molar-refractivity contribution is 0.468. The van der Waals surface area contributed by atoms with Crippen LogP contribution in [0.3, 0.4) is 0 Å². The van der Waals surface area contributed by atoms with Crippen LogP contribution in [0.5, 0.6) is 11.6 Å². The zero-order chi connectivity index (χ0) is 16.7. The Morgan fingerprint density at radius 3 is 2.71 bits per heavy atom. The van der Waals surface area contributed by atoms with Crippen LogP contribution >= 0.6 is 0 Å². The first-order valence-corrected chi connectivity index (χ1v) is 7.72. The number of furan rings is 1. The van der Waals surface area contributed by atoms with Crippen molar-refractivity contribution in [2.45, 2.75) is 13.8 Å². The van der Waals surface area contributed by atoms with Gasteiger partial charge in [-0.25, -0.2) is 9.97 Å². The van der Waals surface area contributed by atoms with Crippen LogP contribution in [-0.2, 0) is 7.05 Å². The summed E-state index contributed by atoms with van der Waals surface area (Å²) in [6, 6.07) is 9.71. The van der Waals surface area contributed by atoms with Crippen molar-refractivity contribution in [3.05, 3.63) is 60.4 Å². The Labute approximate surface area is 139 Å². The smallest absolute Gasteiger partial charge is 0.230 e. The second-order valence-corrected chi connectivity index (χ2v) is 5.82. The molecule has 3 aromatic heterocycles. The maximum absolute atomic E-state index is 5.97. The average Bonchev–Trinajstić information content (AvgIpc) is 3.16. The van der Waals surface area contributed by atoms with E-state index >= 15 is 0 Å². The van der Waals surface area contributed by atoms with Crippen molar-refractivity contribution in [2.24, 2.45) is 7.05 Å². The summed E-state index contributed by atoms with van der Waals surface area (Å²) in [5.41, 5.74) is 5.17. The van der Waals surface area contributed by atoms with Gasteiger partial charge in [0.15, 0.2) is 0 Å². The van der Waals surface area contributed by atoms with Gasteiger partial charge >= 0.3 is 0 Å². The number of hydrogen-bond donors (Lipinski definition) is 0. The first-order chi connectivity index (χ1) is 11.6. The highest BCUT2D eigenvalue weighted by molar-refractivity contribution is 5.82. The maximum Gasteiger partial charge on any atom is 0.230 e. The number of rotatable bonds is 3. The molecule has 24 heavy (non-hydrogen) atoms. The van der Waals surface area contributed by atoms with Gasteiger partial charge in [-0.3, -0.25) is 0 Å². The van der Waals surface area contributed by atoms with Crippen LogP contribution in [0.4, 0.5) is 0 Å². The van der Waals surface area contributed by atoms with E-state index in [4.69, 9.17) is 9.15 Å². The lowest BCUT2D eigenvalue weighted by atomic mass is 10.0. The number of aromatic nitrogens is 3. The number of ether oxygens (including phenoxy) is 1. The summed E-state index contributed by atoms with van der Waals surface area (Å²) in [6.45, 7) is 4.09. The number of imidazole rings is 1. The third kappa shape index (κ3) is 2.34. The van der Waals surface area contributed by atoms with Gasteiger partial charge in [0, 0.05) is 18.8 Å². The molecule has 3 heterocycles. The SMILES string of the molecule is Cc1cc(Oc2nccc3occc23)ccc1-c1c(C)ncn1C. The highest BCUT2D eigenvalue weighted by Gasteiger charge is 2.12. The monoisotopic (exact) mass is 319 g/mol. The number of fused-ring (bicyclic) bond motifs is 1. The van der Waals surface area contributed by atoms with Gasteiger partial charge in [-0.2, -0.15) is 0 Å². The summed E-state index contributed by atoms with van der Waals surface area (Å²) < 4.78 is 13.4. The van der Waals surface area contributed by atoms with E-state index < -0.39 is 0 Å². The third-order valence-corrected chi connectivity index (χ3v) is 4.13. The van der Waals surface area contributed by atoms with E-state index in [1.165, 1.54) is 0 Å². The van der Waals surface area contributed by atoms with E-state index in [0.29, 0.717) is 5.88 Å². The van der Waals surface area contributed by atoms with Crippen LogP contribution in [-0.4, -0.2) is 14.5 Å². The molecule has 0 aliphatic rings. The van der Waals surface area contributed by atoms with Crippen molar-refractivity contribution >= 4 is 11.0 Å². The Hall–Kier alpha value is -3.08. The van der Waals surface area contributed by atoms with Crippen molar-refractivity contribution < 1.29 is 9.15 Å². The molecule has 0 radical (unpaired) electrons. The number of nitrogens with zero attached hydrogens (tertiary/aromatic N) is 3. The van der Waals surface area contributed by atoms with E-state index in [1.54, 1.807) is 12.5 Å². The Morgan fingerprint density at radius 2 is 1.96 bits per heavy atom. The number of pyridine rings is 1. The topological polar surface area (TPSA) is 53.1 Å². The first-order valence-electron chi connectivity index (χ1n) is 7.72. The van der Waals surface area contributed by atoms with Crippen LogP contribution < -0.4 is 4.74 Å². The van der Waals surface area contributed by atoms with Gasteiger partial charge in [-0.15, -0.1) is 0 Å². The van der Waals surface area contributed by atoms with Gasteiger partial charge in [0.05, 0.1) is 29.4 Å². The Balaban J connectivity index is 1.71. The van der Waals surface area contributed by atoms with E-state index in [2.05, 4.69) is 23.0 Å². The molecule has 0 aliphatic carbocycles. The van der Waals surface area contributed by atoms with Gasteiger partial charge < -0.3 is 13.7 Å². The van der Waals surface area contributed by atoms with Crippen LogP contribution in [0.15, 0.2) is 53.5 Å². The van der Waals surface area contributed by atoms with Gasteiger partial charge in [0.25, 0.3) is 0 Å². The van der Waals surface area contributed by atoms with E-state index in [-0.39, 0.29) is 0 Å². The first kappa shape index (κ1) is 14.5. The predicted molar refractivity (Wildman–Crippen MR) is 92.2 cm³/mol. The molecule has 5 heteroatoms. The van der Waals surface area contributed by atoms with Gasteiger partial charge in [-0.05, 0) is 49.7 Å². The molecule has 120 valence electrons. The molecule has 0 saturated carbocycles. The zero-order valence-corrected chi connectivity index (χ0v) is 13.8. The Morgan fingerprint density at radius 1 is 1.08 bits per heavy atom. The molecule has 0 fully saturated rings. The lowest BCUT2D eigenvalue weighted by Crippen LogP contribution is -1.95. The van der Waals surface area contributed by atoms with Crippen LogP contribution in [0, 0.1) is 13.8 Å². The third-order valence-electron chi connectivity index (χ3n) is 4.13. The summed E-state index contributed by atoms with van der Waals surface area (Å²) >= 11 is 0. The van der Waals surface area contributed by atoms with Gasteiger partial charge in [0.1, 0.15) is 11.3 Å². The molecular formula is C19H17N3O2. The van der Waals surface area contributed by atoms with Crippen molar-refractivity contribution in [3.8, 4) is 22.9 Å². The van der Waals surface area contributed by atoms with Crippen LogP contribution in [0.1, 0.15) is 11.3 Å². The minimum Gasteiger partial charge on any atom is -0.464 e. The minimum atomic E-state index is 0.546. The molecule has 0 aliphatic heterocycles. The van der Waals surface area contributed by atoms with E-state index in [9.17, 15) is 0 Å². The summed E-state index contributed by atoms with van der Waals surface area (Å²) in [7, 11) is 2.00. The van der Waals surface area contributed by atoms with Crippen molar-refractivity contribution in [1.29, 1.82) is 0 Å². The van der Waals surface area contributed by atoms with E-state index in [0.717, 1.165) is 39.2 Å². The lowest BCUT2D eigenvalue weighted by Gasteiger charge is -2.11. The maximum atomic E-state index is 5.97. The summed E-state index contributed by atoms with van der Waals surface area (Å²) in [6.07, 6.45) is 5.15. The van der Waals surface area contributed by atoms with E-state index in [1.807, 2.05) is 49.1 Å². The average molecular weight is 319 g/mol. The molecule has 0 saturated heterocycles. The second-order valence-electron chi connectivity index (χ2n) is 5.82. The zero-order valence-electron chi connectivity index (χ0n) is 13.8. The van der Waals surface area contributed by atoms with Crippen molar-refractivity contribution in [2.75, 3.05) is 0 Å². The molecule has 5 nitrogen and oxygen atoms in total. The molecule has 4 aromatic rings. The summed E-state index contributed by atoms with van der Waals surface area (Å²) in [5, 5.41) is 0.863. The molecule has 0 spiro atoms. The molecule has 0 bridgehead atoms. The summed E-state index contributed by atoms with van der Waals surface area (Å²) in [5.74, 6) is 1.29. The fourth-order valence-corrected chi connectivity index (χ4v) is 2.96. The minimum absolute atomic E-state index is 0.546. The Kier molecular flexibility index (Phi) is 3.34. The van der Waals surface area contributed by atoms with Gasteiger partial charge in [-0.1, -0.05) is 0 Å². The quantitative estimate of drug-likeness (QED) is 0.552. The normalized spacial score (nSPS) is 11.1.